The lowest BCUT2D eigenvalue weighted by Gasteiger charge is -2.14. The van der Waals surface area contributed by atoms with E-state index in [1.165, 1.54) is 17.8 Å². The van der Waals surface area contributed by atoms with Crippen LogP contribution in [0.3, 0.4) is 0 Å². The second-order valence-electron chi connectivity index (χ2n) is 4.67. The highest BCUT2D eigenvalue weighted by Crippen LogP contribution is 2.79. The third-order valence-corrected chi connectivity index (χ3v) is 4.44. The third kappa shape index (κ3) is 0.342. The van der Waals surface area contributed by atoms with Crippen LogP contribution in [0.4, 0.5) is 0 Å². The Morgan fingerprint density at radius 3 is 2.44 bits per heavy atom. The number of fused-ring (bicyclic) bond motifs is 3. The van der Waals surface area contributed by atoms with Crippen molar-refractivity contribution < 1.29 is 0 Å². The molecular formula is C9H14. The molecule has 0 nitrogen and oxygen atoms in total. The van der Waals surface area contributed by atoms with Crippen molar-refractivity contribution in [2.75, 3.05) is 0 Å². The second kappa shape index (κ2) is 0.980. The topological polar surface area (TPSA) is 0 Å². The Kier molecular flexibility index (Phi) is 0.518. The molecule has 0 spiro atoms. The molecule has 9 heavy (non-hydrogen) atoms. The van der Waals surface area contributed by atoms with Crippen LogP contribution in [0.25, 0.3) is 0 Å². The lowest BCUT2D eigenvalue weighted by atomic mass is 9.91. The van der Waals surface area contributed by atoms with Crippen molar-refractivity contribution >= 4 is 0 Å². The van der Waals surface area contributed by atoms with Gasteiger partial charge in [0.15, 0.2) is 0 Å². The van der Waals surface area contributed by atoms with Gasteiger partial charge in [0.05, 0.1) is 0 Å². The minimum Gasteiger partial charge on any atom is -0.0617 e. The van der Waals surface area contributed by atoms with E-state index in [0.29, 0.717) is 0 Å². The number of hydrogen-bond acceptors (Lipinski definition) is 0. The maximum atomic E-state index is 2.49. The molecule has 0 radical (unpaired) electrons. The van der Waals surface area contributed by atoms with Crippen molar-refractivity contribution in [3.8, 4) is 0 Å². The quantitative estimate of drug-likeness (QED) is 0.462. The van der Waals surface area contributed by atoms with Gasteiger partial charge < -0.3 is 0 Å². The van der Waals surface area contributed by atoms with E-state index in [1.807, 2.05) is 0 Å². The molecule has 0 aromatic heterocycles. The zero-order valence-electron chi connectivity index (χ0n) is 6.22. The third-order valence-electron chi connectivity index (χ3n) is 4.44. The van der Waals surface area contributed by atoms with Gasteiger partial charge in [0.25, 0.3) is 0 Å². The highest BCUT2D eigenvalue weighted by Gasteiger charge is 2.72. The largest absolute Gasteiger partial charge is 0.0617 e. The molecule has 3 rings (SSSR count). The van der Waals surface area contributed by atoms with Gasteiger partial charge in [-0.1, -0.05) is 13.8 Å². The minimum atomic E-state index is 0.841. The van der Waals surface area contributed by atoms with Gasteiger partial charge in [0, 0.05) is 0 Å². The molecule has 0 heterocycles. The van der Waals surface area contributed by atoms with Crippen molar-refractivity contribution in [3.63, 3.8) is 0 Å². The van der Waals surface area contributed by atoms with E-state index in [1.54, 1.807) is 12.8 Å². The summed E-state index contributed by atoms with van der Waals surface area (Å²) < 4.78 is 0. The molecule has 0 heteroatoms. The number of rotatable bonds is 0. The van der Waals surface area contributed by atoms with E-state index >= 15 is 0 Å². The fourth-order valence-electron chi connectivity index (χ4n) is 3.34. The van der Waals surface area contributed by atoms with Crippen LogP contribution >= 0.6 is 0 Å². The lowest BCUT2D eigenvalue weighted by molar-refractivity contribution is 0.344. The highest BCUT2D eigenvalue weighted by molar-refractivity contribution is 5.20. The first-order chi connectivity index (χ1) is 4.23. The molecule has 3 aliphatic rings. The van der Waals surface area contributed by atoms with E-state index in [-0.39, 0.29) is 0 Å². The van der Waals surface area contributed by atoms with E-state index in [0.717, 1.165) is 11.3 Å². The van der Waals surface area contributed by atoms with Gasteiger partial charge in [-0.15, -0.1) is 0 Å². The van der Waals surface area contributed by atoms with Gasteiger partial charge in [-0.25, -0.2) is 0 Å². The molecule has 0 aromatic rings. The molecule has 0 amide bonds. The normalized spacial score (nSPS) is 75.3. The SMILES string of the molecule is C[C@@H]1C2C[C@H]2[C@H]2C[C@@]12C. The molecule has 0 saturated heterocycles. The van der Waals surface area contributed by atoms with Crippen molar-refractivity contribution in [3.05, 3.63) is 0 Å². The zero-order chi connectivity index (χ0) is 6.22. The first-order valence-electron chi connectivity index (χ1n) is 4.23. The standard InChI is InChI=1S/C9H14/c1-5-6-3-7(6)8-4-9(5,8)2/h5-8H,3-4H2,1-2H3/t5-,6?,7-,8-,9+/m1/s1. The molecule has 50 valence electrons. The Morgan fingerprint density at radius 1 is 1.33 bits per heavy atom. The molecule has 3 aliphatic carbocycles. The van der Waals surface area contributed by atoms with Gasteiger partial charge in [0.2, 0.25) is 0 Å². The smallest absolute Gasteiger partial charge is 0.0263 e. The average Bonchev–Trinajstić information content (AvgIpc) is 2.56. The Balaban J connectivity index is 2.02. The Hall–Kier alpha value is 0. The molecule has 0 N–H and O–H groups in total. The van der Waals surface area contributed by atoms with Crippen molar-refractivity contribution in [2.24, 2.45) is 29.1 Å². The minimum absolute atomic E-state index is 0.841. The van der Waals surface area contributed by atoms with Crippen molar-refractivity contribution in [1.29, 1.82) is 0 Å². The van der Waals surface area contributed by atoms with E-state index in [9.17, 15) is 0 Å². The maximum absolute atomic E-state index is 2.49. The summed E-state index contributed by atoms with van der Waals surface area (Å²) in [5.74, 6) is 4.63. The summed E-state index contributed by atoms with van der Waals surface area (Å²) >= 11 is 0. The molecule has 0 aliphatic heterocycles. The van der Waals surface area contributed by atoms with E-state index in [4.69, 9.17) is 0 Å². The van der Waals surface area contributed by atoms with Crippen LogP contribution in [0, 0.1) is 29.1 Å². The lowest BCUT2D eigenvalue weighted by Crippen LogP contribution is -2.07. The van der Waals surface area contributed by atoms with Crippen LogP contribution < -0.4 is 0 Å². The Morgan fingerprint density at radius 2 is 2.11 bits per heavy atom. The summed E-state index contributed by atoms with van der Waals surface area (Å²) in [4.78, 5) is 0. The first kappa shape index (κ1) is 4.76. The fraction of sp³-hybridized carbons (Fsp3) is 1.00. The van der Waals surface area contributed by atoms with Gasteiger partial charge in [0.1, 0.15) is 0 Å². The summed E-state index contributed by atoms with van der Waals surface area (Å²) in [6.45, 7) is 4.96. The van der Waals surface area contributed by atoms with Crippen molar-refractivity contribution in [2.45, 2.75) is 26.7 Å². The molecule has 0 aromatic carbocycles. The van der Waals surface area contributed by atoms with Gasteiger partial charge in [-0.05, 0) is 41.9 Å². The summed E-state index contributed by atoms with van der Waals surface area (Å²) in [6.07, 6.45) is 3.15. The second-order valence-corrected chi connectivity index (χ2v) is 4.67. The van der Waals surface area contributed by atoms with Gasteiger partial charge in [-0.2, -0.15) is 0 Å². The summed E-state index contributed by atoms with van der Waals surface area (Å²) in [7, 11) is 0. The average molecular weight is 122 g/mol. The molecular weight excluding hydrogens is 108 g/mol. The fourth-order valence-corrected chi connectivity index (χ4v) is 3.34. The molecule has 3 fully saturated rings. The Labute approximate surface area is 56.6 Å². The van der Waals surface area contributed by atoms with Crippen LogP contribution in [0.2, 0.25) is 0 Å². The van der Waals surface area contributed by atoms with Crippen LogP contribution in [-0.4, -0.2) is 0 Å². The van der Waals surface area contributed by atoms with Crippen LogP contribution in [0.15, 0.2) is 0 Å². The monoisotopic (exact) mass is 122 g/mol. The zero-order valence-corrected chi connectivity index (χ0v) is 6.22. The molecule has 0 bridgehead atoms. The summed E-state index contributed by atoms with van der Waals surface area (Å²) in [5.41, 5.74) is 0.841. The van der Waals surface area contributed by atoms with E-state index < -0.39 is 0 Å². The van der Waals surface area contributed by atoms with Gasteiger partial charge >= 0.3 is 0 Å². The molecule has 5 atom stereocenters. The Bertz CT molecular complexity index is 171. The molecule has 3 saturated carbocycles. The van der Waals surface area contributed by atoms with E-state index in [2.05, 4.69) is 13.8 Å². The van der Waals surface area contributed by atoms with Crippen LogP contribution in [0.1, 0.15) is 26.7 Å². The highest BCUT2D eigenvalue weighted by atomic mass is 14.8. The van der Waals surface area contributed by atoms with Crippen LogP contribution in [0.5, 0.6) is 0 Å². The van der Waals surface area contributed by atoms with Crippen LogP contribution in [-0.2, 0) is 0 Å². The maximum Gasteiger partial charge on any atom is -0.0263 e. The summed E-state index contributed by atoms with van der Waals surface area (Å²) in [5, 5.41) is 0. The predicted octanol–water partition coefficient (Wildman–Crippen LogP) is 2.30. The first-order valence-corrected chi connectivity index (χ1v) is 4.23. The van der Waals surface area contributed by atoms with Crippen molar-refractivity contribution in [1.82, 2.24) is 0 Å². The molecule has 1 unspecified atom stereocenters. The number of hydrogen-bond donors (Lipinski definition) is 0. The summed E-state index contributed by atoms with van der Waals surface area (Å²) in [6, 6.07) is 0. The predicted molar refractivity (Wildman–Crippen MR) is 37.0 cm³/mol. The van der Waals surface area contributed by atoms with Gasteiger partial charge in [-0.3, -0.25) is 0 Å².